The van der Waals surface area contributed by atoms with E-state index in [4.69, 9.17) is 0 Å². The third-order valence-corrected chi connectivity index (χ3v) is 1.78. The summed E-state index contributed by atoms with van der Waals surface area (Å²) < 4.78 is 18.0. The molecule has 0 spiro atoms. The second-order valence-electron chi connectivity index (χ2n) is 2.94. The van der Waals surface area contributed by atoms with Crippen LogP contribution in [0.5, 0.6) is 5.75 Å². The van der Waals surface area contributed by atoms with E-state index in [-0.39, 0.29) is 11.4 Å². The van der Waals surface area contributed by atoms with Gasteiger partial charge in [0.2, 0.25) is 5.91 Å². The largest absolute Gasteiger partial charge is 0.490 e. The molecule has 0 saturated heterocycles. The molecule has 0 fully saturated rings. The molecule has 0 aromatic heterocycles. The van der Waals surface area contributed by atoms with Crippen molar-refractivity contribution in [2.75, 3.05) is 12.4 Å². The van der Waals surface area contributed by atoms with Crippen molar-refractivity contribution in [3.8, 4) is 5.75 Å². The average Bonchev–Trinajstić information content (AvgIpc) is 2.19. The van der Waals surface area contributed by atoms with Gasteiger partial charge in [-0.3, -0.25) is 14.9 Å². The lowest BCUT2D eigenvalue weighted by molar-refractivity contribution is -0.385. The minimum atomic E-state index is -0.794. The summed E-state index contributed by atoms with van der Waals surface area (Å²) >= 11 is 0. The van der Waals surface area contributed by atoms with E-state index in [1.165, 1.54) is 14.0 Å². The Hall–Kier alpha value is -2.18. The molecule has 86 valence electrons. The molecule has 0 aliphatic rings. The third kappa shape index (κ3) is 2.44. The van der Waals surface area contributed by atoms with Crippen LogP contribution in [0.25, 0.3) is 0 Å². The van der Waals surface area contributed by atoms with Crippen LogP contribution in [0.1, 0.15) is 6.92 Å². The van der Waals surface area contributed by atoms with Gasteiger partial charge >= 0.3 is 5.69 Å². The first kappa shape index (κ1) is 11.9. The van der Waals surface area contributed by atoms with Crippen molar-refractivity contribution in [2.45, 2.75) is 6.92 Å². The highest BCUT2D eigenvalue weighted by molar-refractivity contribution is 5.89. The van der Waals surface area contributed by atoms with Crippen molar-refractivity contribution < 1.29 is 18.8 Å². The van der Waals surface area contributed by atoms with Gasteiger partial charge in [0.15, 0.2) is 11.6 Å². The average molecular weight is 228 g/mol. The lowest BCUT2D eigenvalue weighted by atomic mass is 10.2. The van der Waals surface area contributed by atoms with Crippen LogP contribution in [0.15, 0.2) is 12.1 Å². The van der Waals surface area contributed by atoms with Crippen molar-refractivity contribution in [3.63, 3.8) is 0 Å². The molecule has 0 unspecified atom stereocenters. The fraction of sp³-hybridized carbons (Fsp3) is 0.222. The highest BCUT2D eigenvalue weighted by Gasteiger charge is 2.19. The number of rotatable bonds is 3. The Bertz CT molecular complexity index is 447. The molecule has 1 N–H and O–H groups in total. The fourth-order valence-electron chi connectivity index (χ4n) is 1.14. The Balaban J connectivity index is 3.27. The number of ether oxygens (including phenoxy) is 1. The van der Waals surface area contributed by atoms with Crippen LogP contribution in [0, 0.1) is 15.9 Å². The minimum Gasteiger partial charge on any atom is -0.490 e. The molecule has 0 atom stereocenters. The van der Waals surface area contributed by atoms with Crippen LogP contribution in [0.3, 0.4) is 0 Å². The Kier molecular flexibility index (Phi) is 3.39. The highest BCUT2D eigenvalue weighted by Crippen LogP contribution is 2.32. The first-order valence-electron chi connectivity index (χ1n) is 4.25. The van der Waals surface area contributed by atoms with Crippen LogP contribution in [-0.2, 0) is 4.79 Å². The van der Waals surface area contributed by atoms with Gasteiger partial charge in [-0.05, 0) is 0 Å². The summed E-state index contributed by atoms with van der Waals surface area (Å²) in [4.78, 5) is 20.6. The number of carbonyl (C=O) groups excluding carboxylic acids is 1. The maximum Gasteiger partial charge on any atom is 0.313 e. The highest BCUT2D eigenvalue weighted by atomic mass is 19.1. The summed E-state index contributed by atoms with van der Waals surface area (Å²) in [6.45, 7) is 1.18. The molecule has 1 aromatic rings. The first-order chi connectivity index (χ1) is 7.45. The molecule has 7 heteroatoms. The van der Waals surface area contributed by atoms with Gasteiger partial charge in [-0.25, -0.2) is 4.39 Å². The van der Waals surface area contributed by atoms with Crippen molar-refractivity contribution in [1.29, 1.82) is 0 Å². The van der Waals surface area contributed by atoms with Crippen LogP contribution in [0.4, 0.5) is 15.8 Å². The van der Waals surface area contributed by atoms with Crippen LogP contribution in [-0.4, -0.2) is 17.9 Å². The summed E-state index contributed by atoms with van der Waals surface area (Å²) in [5.74, 6) is -1.51. The molecule has 0 bridgehead atoms. The Labute approximate surface area is 90.2 Å². The first-order valence-corrected chi connectivity index (χ1v) is 4.25. The number of hydrogen-bond donors (Lipinski definition) is 1. The molecule has 16 heavy (non-hydrogen) atoms. The van der Waals surface area contributed by atoms with Crippen molar-refractivity contribution in [2.24, 2.45) is 0 Å². The molecule has 0 radical (unpaired) electrons. The van der Waals surface area contributed by atoms with Crippen molar-refractivity contribution >= 4 is 17.3 Å². The van der Waals surface area contributed by atoms with E-state index in [1.807, 2.05) is 0 Å². The second kappa shape index (κ2) is 4.56. The number of amides is 1. The fourth-order valence-corrected chi connectivity index (χ4v) is 1.14. The van der Waals surface area contributed by atoms with Crippen LogP contribution < -0.4 is 10.1 Å². The van der Waals surface area contributed by atoms with Crippen molar-refractivity contribution in [1.82, 2.24) is 0 Å². The number of nitro groups is 1. The molecule has 6 nitrogen and oxygen atoms in total. The molecule has 1 aromatic carbocycles. The zero-order valence-corrected chi connectivity index (χ0v) is 8.61. The molecule has 1 amide bonds. The Morgan fingerprint density at radius 3 is 2.62 bits per heavy atom. The molecule has 0 aliphatic carbocycles. The predicted molar refractivity (Wildman–Crippen MR) is 53.9 cm³/mol. The molecule has 1 rings (SSSR count). The van der Waals surface area contributed by atoms with Gasteiger partial charge in [-0.2, -0.15) is 0 Å². The number of nitrogens with zero attached hydrogens (tertiary/aromatic N) is 1. The predicted octanol–water partition coefficient (Wildman–Crippen LogP) is 1.70. The third-order valence-electron chi connectivity index (χ3n) is 1.78. The molecule has 0 heterocycles. The summed E-state index contributed by atoms with van der Waals surface area (Å²) in [7, 11) is 1.19. The molecule has 0 aliphatic heterocycles. The normalized spacial score (nSPS) is 9.69. The number of benzene rings is 1. The van der Waals surface area contributed by atoms with Gasteiger partial charge in [0.05, 0.1) is 17.7 Å². The van der Waals surface area contributed by atoms with Gasteiger partial charge in [-0.1, -0.05) is 0 Å². The number of nitro benzene ring substituents is 1. The second-order valence-corrected chi connectivity index (χ2v) is 2.94. The smallest absolute Gasteiger partial charge is 0.313 e. The van der Waals surface area contributed by atoms with Crippen LogP contribution >= 0.6 is 0 Å². The number of hydrogen-bond acceptors (Lipinski definition) is 4. The number of anilines is 1. The molecule has 0 saturated carbocycles. The minimum absolute atomic E-state index is 0.198. The summed E-state index contributed by atoms with van der Waals surface area (Å²) in [6.07, 6.45) is 0. The van der Waals surface area contributed by atoms with E-state index in [2.05, 4.69) is 10.1 Å². The number of nitrogens with one attached hydrogen (secondary N) is 1. The lowest BCUT2D eigenvalue weighted by Crippen LogP contribution is -2.08. The van der Waals surface area contributed by atoms with E-state index in [0.29, 0.717) is 0 Å². The van der Waals surface area contributed by atoms with Gasteiger partial charge in [0.1, 0.15) is 0 Å². The monoisotopic (exact) mass is 228 g/mol. The van der Waals surface area contributed by atoms with Crippen molar-refractivity contribution in [3.05, 3.63) is 28.1 Å². The maximum atomic E-state index is 13.3. The lowest BCUT2D eigenvalue weighted by Gasteiger charge is -2.06. The standard InChI is InChI=1S/C9H9FN2O4/c1-5(13)11-7-4-8(12(14)15)9(16-2)3-6(7)10/h3-4H,1-2H3,(H,11,13). The maximum absolute atomic E-state index is 13.3. The number of halogens is 1. The van der Waals surface area contributed by atoms with Crippen LogP contribution in [0.2, 0.25) is 0 Å². The Morgan fingerprint density at radius 2 is 2.19 bits per heavy atom. The quantitative estimate of drug-likeness (QED) is 0.630. The van der Waals surface area contributed by atoms with E-state index in [9.17, 15) is 19.3 Å². The summed E-state index contributed by atoms with van der Waals surface area (Å²) in [6, 6.07) is 1.76. The SMILES string of the molecule is COc1cc(F)c(NC(C)=O)cc1[N+](=O)[O-]. The molecular formula is C9H9FN2O4. The zero-order chi connectivity index (χ0) is 12.3. The van der Waals surface area contributed by atoms with E-state index >= 15 is 0 Å². The van der Waals surface area contributed by atoms with E-state index in [0.717, 1.165) is 12.1 Å². The number of carbonyl (C=O) groups is 1. The van der Waals surface area contributed by atoms with Gasteiger partial charge in [-0.15, -0.1) is 0 Å². The summed E-state index contributed by atoms with van der Waals surface area (Å²) in [5.41, 5.74) is -0.660. The van der Waals surface area contributed by atoms with E-state index < -0.39 is 22.3 Å². The summed E-state index contributed by atoms with van der Waals surface area (Å²) in [5, 5.41) is 12.8. The zero-order valence-electron chi connectivity index (χ0n) is 8.61. The molecular weight excluding hydrogens is 219 g/mol. The van der Waals surface area contributed by atoms with Gasteiger partial charge < -0.3 is 10.1 Å². The van der Waals surface area contributed by atoms with Gasteiger partial charge in [0.25, 0.3) is 0 Å². The Morgan fingerprint density at radius 1 is 1.56 bits per heavy atom. The van der Waals surface area contributed by atoms with E-state index in [1.54, 1.807) is 0 Å². The topological polar surface area (TPSA) is 81.5 Å². The number of methoxy groups -OCH3 is 1. The van der Waals surface area contributed by atoms with Gasteiger partial charge in [0, 0.05) is 19.1 Å².